The Labute approximate surface area is 150 Å². The van der Waals surface area contributed by atoms with Crippen molar-refractivity contribution in [1.82, 2.24) is 24.5 Å². The summed E-state index contributed by atoms with van der Waals surface area (Å²) in [6, 6.07) is 5.84. The summed E-state index contributed by atoms with van der Waals surface area (Å²) >= 11 is 0. The zero-order valence-corrected chi connectivity index (χ0v) is 13.8. The summed E-state index contributed by atoms with van der Waals surface area (Å²) in [6.45, 7) is 1.70. The summed E-state index contributed by atoms with van der Waals surface area (Å²) in [4.78, 5) is 36.2. The number of hydrogen-bond donors (Lipinski definition) is 1. The first-order valence-corrected chi connectivity index (χ1v) is 7.47. The minimum Gasteiger partial charge on any atom is -0.390 e. The van der Waals surface area contributed by atoms with Crippen LogP contribution in [0.5, 0.6) is 0 Å². The zero-order valence-electron chi connectivity index (χ0n) is 13.8. The quantitative estimate of drug-likeness (QED) is 0.500. The molecule has 0 radical (unpaired) electrons. The molecule has 138 valence electrons. The number of rotatable bonds is 6. The number of anilines is 1. The van der Waals surface area contributed by atoms with E-state index in [1.807, 2.05) is 0 Å². The number of aryl methyl sites for hydroxylation is 1. The van der Waals surface area contributed by atoms with Gasteiger partial charge in [-0.25, -0.2) is 4.68 Å². The molecule has 0 aliphatic carbocycles. The summed E-state index contributed by atoms with van der Waals surface area (Å²) < 4.78 is 2.49. The Morgan fingerprint density at radius 3 is 2.59 bits per heavy atom. The summed E-state index contributed by atoms with van der Waals surface area (Å²) in [5.41, 5.74) is 0.528. The third-order valence-electron chi connectivity index (χ3n) is 3.45. The maximum Gasteiger partial charge on any atom is 0.491 e. The van der Waals surface area contributed by atoms with Crippen molar-refractivity contribution < 1.29 is 14.6 Å². The van der Waals surface area contributed by atoms with Gasteiger partial charge >= 0.3 is 5.95 Å². The van der Waals surface area contributed by atoms with E-state index >= 15 is 0 Å². The molecule has 2 heterocycles. The van der Waals surface area contributed by atoms with Crippen LogP contribution >= 0.6 is 0 Å². The molecule has 3 rings (SSSR count). The highest BCUT2D eigenvalue weighted by molar-refractivity contribution is 6.04. The third kappa shape index (κ3) is 3.92. The van der Waals surface area contributed by atoms with Crippen molar-refractivity contribution in [1.29, 1.82) is 0 Å². The Kier molecular flexibility index (Phi) is 4.57. The van der Waals surface area contributed by atoms with Gasteiger partial charge in [0.15, 0.2) is 12.4 Å². The fourth-order valence-electron chi connectivity index (χ4n) is 2.23. The molecule has 27 heavy (non-hydrogen) atoms. The van der Waals surface area contributed by atoms with Crippen LogP contribution in [0.1, 0.15) is 16.1 Å². The van der Waals surface area contributed by atoms with Crippen molar-refractivity contribution in [2.75, 3.05) is 5.32 Å². The summed E-state index contributed by atoms with van der Waals surface area (Å²) in [7, 11) is 0. The highest BCUT2D eigenvalue weighted by Crippen LogP contribution is 2.25. The van der Waals surface area contributed by atoms with Crippen LogP contribution in [0.3, 0.4) is 0 Å². The minimum atomic E-state index is -0.729. The van der Waals surface area contributed by atoms with Crippen molar-refractivity contribution in [3.05, 3.63) is 68.3 Å². The first-order valence-electron chi connectivity index (χ1n) is 7.47. The van der Waals surface area contributed by atoms with Gasteiger partial charge in [-0.2, -0.15) is 9.78 Å². The molecule has 0 fully saturated rings. The van der Waals surface area contributed by atoms with Gasteiger partial charge in [-0.3, -0.25) is 14.9 Å². The van der Waals surface area contributed by atoms with E-state index in [1.165, 1.54) is 33.8 Å². The van der Waals surface area contributed by atoms with E-state index in [9.17, 15) is 25.0 Å². The molecule has 1 N–H and O–H groups in total. The maximum absolute atomic E-state index is 12.3. The van der Waals surface area contributed by atoms with Crippen molar-refractivity contribution in [2.24, 2.45) is 0 Å². The molecule has 0 unspecified atom stereocenters. The fourth-order valence-corrected chi connectivity index (χ4v) is 2.23. The minimum absolute atomic E-state index is 0.00119. The average molecular weight is 372 g/mol. The Hall–Kier alpha value is -4.16. The van der Waals surface area contributed by atoms with Crippen LogP contribution in [0.25, 0.3) is 0 Å². The zero-order chi connectivity index (χ0) is 19.6. The van der Waals surface area contributed by atoms with Gasteiger partial charge < -0.3 is 15.4 Å². The highest BCUT2D eigenvalue weighted by Gasteiger charge is 2.19. The largest absolute Gasteiger partial charge is 0.491 e. The number of nitro groups is 2. The normalized spacial score (nSPS) is 10.6. The van der Waals surface area contributed by atoms with Gasteiger partial charge in [0, 0.05) is 17.4 Å². The standard InChI is InChI=1S/C14H12N8O5/c1-9-2-3-10(12(6-9)21(24)25)16-13(23)11-4-5-19(17-11)8-20-7-15-14(18-20)22(26)27/h2-7H,8H2,1H3,(H,16,23). The number of benzene rings is 1. The monoisotopic (exact) mass is 372 g/mol. The van der Waals surface area contributed by atoms with E-state index < -0.39 is 21.7 Å². The van der Waals surface area contributed by atoms with Crippen LogP contribution in [0.15, 0.2) is 36.8 Å². The van der Waals surface area contributed by atoms with Crippen LogP contribution in [-0.2, 0) is 6.67 Å². The number of aromatic nitrogens is 5. The Morgan fingerprint density at radius 2 is 1.93 bits per heavy atom. The molecule has 3 aromatic rings. The predicted octanol–water partition coefficient (Wildman–Crippen LogP) is 1.36. The van der Waals surface area contributed by atoms with Crippen LogP contribution < -0.4 is 5.32 Å². The van der Waals surface area contributed by atoms with Gasteiger partial charge in [0.05, 0.1) is 4.92 Å². The lowest BCUT2D eigenvalue weighted by Crippen LogP contribution is -2.15. The van der Waals surface area contributed by atoms with Crippen molar-refractivity contribution >= 4 is 23.2 Å². The number of carbonyl (C=O) groups is 1. The van der Waals surface area contributed by atoms with Gasteiger partial charge in [0.25, 0.3) is 11.6 Å². The van der Waals surface area contributed by atoms with Crippen molar-refractivity contribution in [3.8, 4) is 0 Å². The molecule has 0 aliphatic heterocycles. The number of amides is 1. The molecule has 1 amide bonds. The lowest BCUT2D eigenvalue weighted by atomic mass is 10.2. The first-order chi connectivity index (χ1) is 12.8. The Bertz CT molecular complexity index is 1040. The number of hydrogen-bond acceptors (Lipinski definition) is 8. The summed E-state index contributed by atoms with van der Waals surface area (Å²) in [5, 5.41) is 31.8. The summed E-state index contributed by atoms with van der Waals surface area (Å²) in [6.07, 6.45) is 2.63. The molecule has 2 aromatic heterocycles. The van der Waals surface area contributed by atoms with Crippen molar-refractivity contribution in [2.45, 2.75) is 13.6 Å². The topological polar surface area (TPSA) is 164 Å². The van der Waals surface area contributed by atoms with Crippen molar-refractivity contribution in [3.63, 3.8) is 0 Å². The van der Waals surface area contributed by atoms with Gasteiger partial charge in [-0.05, 0) is 29.5 Å². The van der Waals surface area contributed by atoms with E-state index in [0.717, 1.165) is 6.33 Å². The maximum atomic E-state index is 12.3. The first kappa shape index (κ1) is 17.7. The molecule has 13 nitrogen and oxygen atoms in total. The van der Waals surface area contributed by atoms with Crippen LogP contribution in [0, 0.1) is 27.2 Å². The predicted molar refractivity (Wildman–Crippen MR) is 90.1 cm³/mol. The van der Waals surface area contributed by atoms with Gasteiger partial charge in [0.2, 0.25) is 6.33 Å². The number of nitrogens with zero attached hydrogens (tertiary/aromatic N) is 7. The van der Waals surface area contributed by atoms with E-state index in [4.69, 9.17) is 0 Å². The second kappa shape index (κ2) is 6.99. The van der Waals surface area contributed by atoms with E-state index in [1.54, 1.807) is 13.0 Å². The molecule has 0 bridgehead atoms. The number of nitrogens with one attached hydrogen (secondary N) is 1. The van der Waals surface area contributed by atoms with Crippen LogP contribution in [-0.4, -0.2) is 40.3 Å². The number of nitro benzene ring substituents is 1. The van der Waals surface area contributed by atoms with Crippen LogP contribution in [0.2, 0.25) is 0 Å². The second-order valence-corrected chi connectivity index (χ2v) is 5.45. The third-order valence-corrected chi connectivity index (χ3v) is 3.45. The molecule has 0 aliphatic rings. The second-order valence-electron chi connectivity index (χ2n) is 5.45. The van der Waals surface area contributed by atoms with Crippen LogP contribution in [0.4, 0.5) is 17.3 Å². The highest BCUT2D eigenvalue weighted by atomic mass is 16.6. The fraction of sp³-hybridized carbons (Fsp3) is 0.143. The molecule has 13 heteroatoms. The average Bonchev–Trinajstić information content (AvgIpc) is 3.26. The lowest BCUT2D eigenvalue weighted by Gasteiger charge is -2.05. The number of carbonyl (C=O) groups excluding carboxylic acids is 1. The Balaban J connectivity index is 1.73. The molecule has 0 spiro atoms. The van der Waals surface area contributed by atoms with E-state index in [2.05, 4.69) is 20.5 Å². The summed E-state index contributed by atoms with van der Waals surface area (Å²) in [5.74, 6) is -1.18. The lowest BCUT2D eigenvalue weighted by molar-refractivity contribution is -0.394. The van der Waals surface area contributed by atoms with Gasteiger partial charge in [-0.15, -0.1) is 0 Å². The molecule has 1 aromatic carbocycles. The van der Waals surface area contributed by atoms with Gasteiger partial charge in [-0.1, -0.05) is 11.1 Å². The molecule has 0 atom stereocenters. The molecule has 0 saturated heterocycles. The SMILES string of the molecule is Cc1ccc(NC(=O)c2ccn(Cn3cnc([N+](=O)[O-])n3)n2)c([N+](=O)[O-])c1. The molecular formula is C14H12N8O5. The van der Waals surface area contributed by atoms with Gasteiger partial charge in [0.1, 0.15) is 5.69 Å². The molecule has 0 saturated carbocycles. The Morgan fingerprint density at radius 1 is 1.15 bits per heavy atom. The van der Waals surface area contributed by atoms with E-state index in [-0.39, 0.29) is 23.7 Å². The molecular weight excluding hydrogens is 360 g/mol. The smallest absolute Gasteiger partial charge is 0.390 e. The van der Waals surface area contributed by atoms with E-state index in [0.29, 0.717) is 5.56 Å².